The van der Waals surface area contributed by atoms with Gasteiger partial charge in [0, 0.05) is 10.9 Å². The summed E-state index contributed by atoms with van der Waals surface area (Å²) in [5, 5.41) is 15.7. The van der Waals surface area contributed by atoms with Crippen LogP contribution in [0.25, 0.3) is 0 Å². The number of para-hydroxylation sites is 1. The van der Waals surface area contributed by atoms with Gasteiger partial charge in [0.2, 0.25) is 0 Å². The highest BCUT2D eigenvalue weighted by Crippen LogP contribution is 2.31. The van der Waals surface area contributed by atoms with Crippen molar-refractivity contribution in [2.75, 3.05) is 5.32 Å². The molecule has 5 heteroatoms. The number of anilines is 1. The minimum atomic E-state index is -0.590. The van der Waals surface area contributed by atoms with Gasteiger partial charge >= 0.3 is 6.03 Å². The number of halogens is 1. The second-order valence-electron chi connectivity index (χ2n) is 5.03. The van der Waals surface area contributed by atoms with Crippen molar-refractivity contribution in [2.24, 2.45) is 0 Å². The van der Waals surface area contributed by atoms with Crippen LogP contribution in [0.15, 0.2) is 53.0 Å². The lowest BCUT2D eigenvalue weighted by Crippen LogP contribution is -2.36. The predicted molar refractivity (Wildman–Crippen MR) is 85.2 cm³/mol. The molecule has 2 aromatic rings. The first-order chi connectivity index (χ1) is 10.1. The molecule has 108 valence electrons. The third kappa shape index (κ3) is 2.94. The van der Waals surface area contributed by atoms with E-state index in [1.54, 1.807) is 0 Å². The van der Waals surface area contributed by atoms with Crippen LogP contribution in [-0.4, -0.2) is 17.2 Å². The van der Waals surface area contributed by atoms with Crippen LogP contribution in [0.5, 0.6) is 0 Å². The van der Waals surface area contributed by atoms with E-state index in [0.29, 0.717) is 12.1 Å². The summed E-state index contributed by atoms with van der Waals surface area (Å²) in [5.74, 6) is 0. The lowest BCUT2D eigenvalue weighted by Gasteiger charge is -2.18. The van der Waals surface area contributed by atoms with Gasteiger partial charge in [-0.3, -0.25) is 0 Å². The molecule has 1 aliphatic rings. The normalized spacial score (nSPS) is 19.9. The van der Waals surface area contributed by atoms with Crippen molar-refractivity contribution in [2.45, 2.75) is 18.6 Å². The highest BCUT2D eigenvalue weighted by Gasteiger charge is 2.31. The van der Waals surface area contributed by atoms with Crippen LogP contribution < -0.4 is 10.6 Å². The molecule has 0 saturated carbocycles. The Bertz CT molecular complexity index is 675. The zero-order valence-electron chi connectivity index (χ0n) is 11.2. The Morgan fingerprint density at radius 2 is 1.86 bits per heavy atom. The van der Waals surface area contributed by atoms with E-state index in [4.69, 9.17) is 0 Å². The van der Waals surface area contributed by atoms with Crippen LogP contribution in [0.2, 0.25) is 0 Å². The molecule has 1 aliphatic carbocycles. The number of rotatable bonds is 2. The quantitative estimate of drug-likeness (QED) is 0.781. The average molecular weight is 347 g/mol. The second-order valence-corrected chi connectivity index (χ2v) is 5.88. The molecule has 2 amide bonds. The Labute approximate surface area is 131 Å². The molecule has 0 fully saturated rings. The lowest BCUT2D eigenvalue weighted by atomic mass is 10.1. The maximum absolute atomic E-state index is 12.1. The van der Waals surface area contributed by atoms with Gasteiger partial charge in [-0.1, -0.05) is 36.4 Å². The van der Waals surface area contributed by atoms with E-state index in [9.17, 15) is 9.90 Å². The fourth-order valence-corrected chi connectivity index (χ4v) is 2.99. The highest BCUT2D eigenvalue weighted by molar-refractivity contribution is 9.10. The molecule has 2 aromatic carbocycles. The Balaban J connectivity index is 1.72. The van der Waals surface area contributed by atoms with Crippen LogP contribution in [0.3, 0.4) is 0 Å². The first-order valence-corrected chi connectivity index (χ1v) is 7.52. The molecule has 21 heavy (non-hydrogen) atoms. The van der Waals surface area contributed by atoms with Gasteiger partial charge in [0.1, 0.15) is 0 Å². The molecule has 2 atom stereocenters. The molecule has 0 spiro atoms. The molecule has 3 rings (SSSR count). The standard InChI is InChI=1S/C16H15BrN2O2/c17-12-7-3-4-8-13(12)18-16(21)19-15-11-6-2-1-5-10(11)9-14(15)20/h1-8,14-15,20H,9H2,(H2,18,19,21)/t14-,15+/m0/s1. The highest BCUT2D eigenvalue weighted by atomic mass is 79.9. The summed E-state index contributed by atoms with van der Waals surface area (Å²) >= 11 is 3.38. The van der Waals surface area contributed by atoms with E-state index < -0.39 is 6.10 Å². The van der Waals surface area contributed by atoms with Crippen molar-refractivity contribution in [3.8, 4) is 0 Å². The molecule has 4 nitrogen and oxygen atoms in total. The Kier molecular flexibility index (Phi) is 3.94. The van der Waals surface area contributed by atoms with Crippen LogP contribution in [0, 0.1) is 0 Å². The summed E-state index contributed by atoms with van der Waals surface area (Å²) in [6.45, 7) is 0. The third-order valence-corrected chi connectivity index (χ3v) is 4.30. The fourth-order valence-electron chi connectivity index (χ4n) is 2.61. The minimum Gasteiger partial charge on any atom is -0.390 e. The number of aliphatic hydroxyl groups excluding tert-OH is 1. The summed E-state index contributed by atoms with van der Waals surface area (Å²) < 4.78 is 0.813. The van der Waals surface area contributed by atoms with Gasteiger partial charge in [-0.15, -0.1) is 0 Å². The molecular weight excluding hydrogens is 332 g/mol. The van der Waals surface area contributed by atoms with Gasteiger partial charge in [-0.05, 0) is 39.2 Å². The number of hydrogen-bond acceptors (Lipinski definition) is 2. The van der Waals surface area contributed by atoms with Gasteiger partial charge < -0.3 is 15.7 Å². The number of hydrogen-bond donors (Lipinski definition) is 3. The van der Waals surface area contributed by atoms with Gasteiger partial charge in [-0.25, -0.2) is 4.79 Å². The maximum Gasteiger partial charge on any atom is 0.319 e. The Morgan fingerprint density at radius 3 is 2.67 bits per heavy atom. The van der Waals surface area contributed by atoms with Crippen LogP contribution in [0.1, 0.15) is 17.2 Å². The van der Waals surface area contributed by atoms with E-state index >= 15 is 0 Å². The van der Waals surface area contributed by atoms with E-state index in [-0.39, 0.29) is 12.1 Å². The Morgan fingerprint density at radius 1 is 1.14 bits per heavy atom. The van der Waals surface area contributed by atoms with E-state index in [2.05, 4.69) is 26.6 Å². The summed E-state index contributed by atoms with van der Waals surface area (Å²) in [5.41, 5.74) is 2.75. The monoisotopic (exact) mass is 346 g/mol. The summed E-state index contributed by atoms with van der Waals surface area (Å²) in [4.78, 5) is 12.1. The number of nitrogens with one attached hydrogen (secondary N) is 2. The van der Waals surface area contributed by atoms with E-state index in [0.717, 1.165) is 15.6 Å². The number of aliphatic hydroxyl groups is 1. The first-order valence-electron chi connectivity index (χ1n) is 6.73. The van der Waals surface area contributed by atoms with Crippen molar-refractivity contribution in [1.82, 2.24) is 5.32 Å². The zero-order chi connectivity index (χ0) is 14.8. The molecule has 0 heterocycles. The van der Waals surface area contributed by atoms with Crippen LogP contribution in [-0.2, 0) is 6.42 Å². The molecule has 0 unspecified atom stereocenters. The van der Waals surface area contributed by atoms with Crippen molar-refractivity contribution in [3.63, 3.8) is 0 Å². The van der Waals surface area contributed by atoms with E-state index in [1.807, 2.05) is 48.5 Å². The Hall–Kier alpha value is -1.85. The number of benzene rings is 2. The van der Waals surface area contributed by atoms with Gasteiger partial charge in [0.15, 0.2) is 0 Å². The number of carbonyl (C=O) groups is 1. The average Bonchev–Trinajstić information content (AvgIpc) is 2.78. The van der Waals surface area contributed by atoms with Crippen molar-refractivity contribution in [3.05, 3.63) is 64.1 Å². The minimum absolute atomic E-state index is 0.331. The van der Waals surface area contributed by atoms with Crippen LogP contribution in [0.4, 0.5) is 10.5 Å². The smallest absolute Gasteiger partial charge is 0.319 e. The summed E-state index contributed by atoms with van der Waals surface area (Å²) in [6.07, 6.45) is -0.0248. The number of carbonyl (C=O) groups excluding carboxylic acids is 1. The van der Waals surface area contributed by atoms with Gasteiger partial charge in [0.25, 0.3) is 0 Å². The second kappa shape index (κ2) is 5.87. The number of amides is 2. The topological polar surface area (TPSA) is 61.4 Å². The molecule has 0 saturated heterocycles. The van der Waals surface area contributed by atoms with Gasteiger partial charge in [0.05, 0.1) is 17.8 Å². The van der Waals surface area contributed by atoms with Crippen molar-refractivity contribution in [1.29, 1.82) is 0 Å². The predicted octanol–water partition coefficient (Wildman–Crippen LogP) is 3.23. The summed E-state index contributed by atoms with van der Waals surface area (Å²) in [7, 11) is 0. The van der Waals surface area contributed by atoms with E-state index in [1.165, 1.54) is 0 Å². The molecule has 0 aromatic heterocycles. The largest absolute Gasteiger partial charge is 0.390 e. The molecule has 0 aliphatic heterocycles. The molecule has 3 N–H and O–H groups in total. The third-order valence-electron chi connectivity index (χ3n) is 3.61. The van der Waals surface area contributed by atoms with Crippen molar-refractivity contribution >= 4 is 27.6 Å². The van der Waals surface area contributed by atoms with Crippen LogP contribution >= 0.6 is 15.9 Å². The lowest BCUT2D eigenvalue weighted by molar-refractivity contribution is 0.144. The molecule has 0 radical (unpaired) electrons. The fraction of sp³-hybridized carbons (Fsp3) is 0.188. The molecule has 0 bridgehead atoms. The SMILES string of the molecule is O=C(Nc1ccccc1Br)N[C@@H]1c2ccccc2C[C@@H]1O. The van der Waals surface area contributed by atoms with Gasteiger partial charge in [-0.2, -0.15) is 0 Å². The summed E-state index contributed by atoms with van der Waals surface area (Å²) in [6, 6.07) is 14.5. The number of fused-ring (bicyclic) bond motifs is 1. The zero-order valence-corrected chi connectivity index (χ0v) is 12.8. The maximum atomic E-state index is 12.1. The van der Waals surface area contributed by atoms with Crippen molar-refractivity contribution < 1.29 is 9.90 Å². The molecular formula is C16H15BrN2O2. The first kappa shape index (κ1) is 14.1. The number of urea groups is 1.